The van der Waals surface area contributed by atoms with Gasteiger partial charge in [-0.3, -0.25) is 14.9 Å². The van der Waals surface area contributed by atoms with Crippen LogP contribution in [0.5, 0.6) is 11.5 Å². The standard InChI is InChI=1S/C21H16BrIN2O5/c1-3-7-30-18-16(23)9-12(10-17(18)29-2)8-15-19(26)24-21(28)25(20(15)27)14-6-4-5-13(22)11-14/h3-6,8-11H,1,7H2,2H3,(H,24,26,28)/b15-8+. The summed E-state index contributed by atoms with van der Waals surface area (Å²) in [6, 6.07) is 9.26. The fourth-order valence-corrected chi connectivity index (χ4v) is 3.95. The highest BCUT2D eigenvalue weighted by Crippen LogP contribution is 2.35. The molecule has 1 heterocycles. The van der Waals surface area contributed by atoms with Crippen molar-refractivity contribution in [2.24, 2.45) is 0 Å². The average molecular weight is 583 g/mol. The van der Waals surface area contributed by atoms with Crippen LogP contribution in [0.15, 0.2) is 59.1 Å². The van der Waals surface area contributed by atoms with Crippen LogP contribution in [-0.4, -0.2) is 31.6 Å². The number of carbonyl (C=O) groups is 3. The average Bonchev–Trinajstić information content (AvgIpc) is 2.70. The van der Waals surface area contributed by atoms with E-state index in [1.165, 1.54) is 13.2 Å². The van der Waals surface area contributed by atoms with E-state index in [0.717, 1.165) is 8.47 Å². The van der Waals surface area contributed by atoms with E-state index in [-0.39, 0.29) is 5.57 Å². The number of amides is 4. The molecule has 0 aromatic heterocycles. The predicted octanol–water partition coefficient (Wildman–Crippen LogP) is 4.29. The molecule has 4 amide bonds. The fourth-order valence-electron chi connectivity index (χ4n) is 2.78. The molecule has 0 saturated carbocycles. The Morgan fingerprint density at radius 3 is 2.67 bits per heavy atom. The van der Waals surface area contributed by atoms with Crippen molar-refractivity contribution in [3.05, 3.63) is 68.2 Å². The van der Waals surface area contributed by atoms with E-state index in [0.29, 0.717) is 33.8 Å². The van der Waals surface area contributed by atoms with Crippen molar-refractivity contribution in [2.45, 2.75) is 0 Å². The molecule has 1 aliphatic rings. The molecular formula is C21H16BrIN2O5. The fraction of sp³-hybridized carbons (Fsp3) is 0.0952. The Morgan fingerprint density at radius 2 is 2.00 bits per heavy atom. The number of ether oxygens (including phenoxy) is 2. The molecule has 2 aromatic carbocycles. The maximum Gasteiger partial charge on any atom is 0.335 e. The molecule has 30 heavy (non-hydrogen) atoms. The number of imide groups is 2. The highest BCUT2D eigenvalue weighted by atomic mass is 127. The number of barbiturate groups is 1. The van der Waals surface area contributed by atoms with Crippen LogP contribution in [0.1, 0.15) is 5.56 Å². The van der Waals surface area contributed by atoms with Gasteiger partial charge in [0.2, 0.25) is 0 Å². The minimum Gasteiger partial charge on any atom is -0.493 e. The number of methoxy groups -OCH3 is 1. The highest BCUT2D eigenvalue weighted by Gasteiger charge is 2.36. The molecular weight excluding hydrogens is 567 g/mol. The van der Waals surface area contributed by atoms with E-state index in [2.05, 4.69) is 50.4 Å². The quantitative estimate of drug-likeness (QED) is 0.238. The molecule has 1 fully saturated rings. The number of nitrogens with zero attached hydrogens (tertiary/aromatic N) is 1. The first-order valence-corrected chi connectivity index (χ1v) is 10.5. The SMILES string of the molecule is C=CCOc1c(I)cc(/C=C2\C(=O)NC(=O)N(c3cccc(Br)c3)C2=O)cc1OC. The Hall–Kier alpha value is -2.66. The van der Waals surface area contributed by atoms with Gasteiger partial charge in [-0.15, -0.1) is 0 Å². The number of anilines is 1. The predicted molar refractivity (Wildman–Crippen MR) is 125 cm³/mol. The summed E-state index contributed by atoms with van der Waals surface area (Å²) in [6.45, 7) is 3.92. The van der Waals surface area contributed by atoms with Crippen molar-refractivity contribution in [1.82, 2.24) is 5.32 Å². The van der Waals surface area contributed by atoms with Gasteiger partial charge < -0.3 is 9.47 Å². The zero-order valence-electron chi connectivity index (χ0n) is 15.8. The van der Waals surface area contributed by atoms with Crippen molar-refractivity contribution in [3.63, 3.8) is 0 Å². The number of urea groups is 1. The number of carbonyl (C=O) groups excluding carboxylic acids is 3. The van der Waals surface area contributed by atoms with Gasteiger partial charge in [-0.25, -0.2) is 9.69 Å². The van der Waals surface area contributed by atoms with Gasteiger partial charge in [0.15, 0.2) is 11.5 Å². The van der Waals surface area contributed by atoms with Crippen LogP contribution >= 0.6 is 38.5 Å². The molecule has 3 rings (SSSR count). The van der Waals surface area contributed by atoms with Gasteiger partial charge in [-0.05, 0) is 64.6 Å². The molecule has 154 valence electrons. The Bertz CT molecular complexity index is 1080. The highest BCUT2D eigenvalue weighted by molar-refractivity contribution is 14.1. The molecule has 0 radical (unpaired) electrons. The van der Waals surface area contributed by atoms with Crippen LogP contribution in [-0.2, 0) is 9.59 Å². The molecule has 9 heteroatoms. The second-order valence-electron chi connectivity index (χ2n) is 6.07. The first-order chi connectivity index (χ1) is 14.3. The van der Waals surface area contributed by atoms with Crippen molar-refractivity contribution in [1.29, 1.82) is 0 Å². The van der Waals surface area contributed by atoms with E-state index < -0.39 is 17.8 Å². The van der Waals surface area contributed by atoms with Crippen molar-refractivity contribution in [2.75, 3.05) is 18.6 Å². The maximum atomic E-state index is 13.0. The van der Waals surface area contributed by atoms with Gasteiger partial charge in [-0.2, -0.15) is 0 Å². The summed E-state index contributed by atoms with van der Waals surface area (Å²) in [5, 5.41) is 2.21. The lowest BCUT2D eigenvalue weighted by Gasteiger charge is -2.26. The topological polar surface area (TPSA) is 84.9 Å². The number of hydrogen-bond acceptors (Lipinski definition) is 5. The van der Waals surface area contributed by atoms with Gasteiger partial charge in [0, 0.05) is 4.47 Å². The second-order valence-corrected chi connectivity index (χ2v) is 8.15. The molecule has 0 unspecified atom stereocenters. The van der Waals surface area contributed by atoms with Gasteiger partial charge in [0.05, 0.1) is 16.4 Å². The molecule has 2 aromatic rings. The van der Waals surface area contributed by atoms with Gasteiger partial charge in [0.1, 0.15) is 12.2 Å². The molecule has 7 nitrogen and oxygen atoms in total. The molecule has 1 N–H and O–H groups in total. The minimum atomic E-state index is -0.805. The first-order valence-electron chi connectivity index (χ1n) is 8.64. The summed E-state index contributed by atoms with van der Waals surface area (Å²) in [5.41, 5.74) is 0.710. The summed E-state index contributed by atoms with van der Waals surface area (Å²) in [4.78, 5) is 38.6. The third-order valence-corrected chi connectivity index (χ3v) is 5.37. The minimum absolute atomic E-state index is 0.174. The zero-order chi connectivity index (χ0) is 21.8. The van der Waals surface area contributed by atoms with Gasteiger partial charge in [0.25, 0.3) is 11.8 Å². The number of halogens is 2. The van der Waals surface area contributed by atoms with E-state index in [1.807, 2.05) is 0 Å². The number of benzene rings is 2. The van der Waals surface area contributed by atoms with Gasteiger partial charge >= 0.3 is 6.03 Å². The molecule has 1 saturated heterocycles. The van der Waals surface area contributed by atoms with E-state index in [4.69, 9.17) is 9.47 Å². The lowest BCUT2D eigenvalue weighted by atomic mass is 10.1. The maximum absolute atomic E-state index is 13.0. The Kier molecular flexibility index (Phi) is 6.93. The number of hydrogen-bond donors (Lipinski definition) is 1. The zero-order valence-corrected chi connectivity index (χ0v) is 19.5. The van der Waals surface area contributed by atoms with E-state index in [9.17, 15) is 14.4 Å². The van der Waals surface area contributed by atoms with Crippen LogP contribution in [0.4, 0.5) is 10.5 Å². The van der Waals surface area contributed by atoms with Crippen LogP contribution in [0, 0.1) is 3.57 Å². The Balaban J connectivity index is 2.02. The smallest absolute Gasteiger partial charge is 0.335 e. The third kappa shape index (κ3) is 4.57. The summed E-state index contributed by atoms with van der Waals surface area (Å²) in [5.74, 6) is -0.510. The molecule has 0 aliphatic carbocycles. The lowest BCUT2D eigenvalue weighted by molar-refractivity contribution is -0.122. The number of rotatable bonds is 6. The summed E-state index contributed by atoms with van der Waals surface area (Å²) in [6.07, 6.45) is 3.03. The van der Waals surface area contributed by atoms with Crippen LogP contribution in [0.2, 0.25) is 0 Å². The second kappa shape index (κ2) is 9.43. The first kappa shape index (κ1) is 22.0. The van der Waals surface area contributed by atoms with Gasteiger partial charge in [-0.1, -0.05) is 34.7 Å². The number of nitrogens with one attached hydrogen (secondary N) is 1. The Labute approximate surface area is 195 Å². The molecule has 0 atom stereocenters. The third-order valence-electron chi connectivity index (χ3n) is 4.08. The van der Waals surface area contributed by atoms with E-state index >= 15 is 0 Å². The van der Waals surface area contributed by atoms with Crippen molar-refractivity contribution < 1.29 is 23.9 Å². The monoisotopic (exact) mass is 582 g/mol. The summed E-state index contributed by atoms with van der Waals surface area (Å²) >= 11 is 5.39. The van der Waals surface area contributed by atoms with Crippen molar-refractivity contribution in [3.8, 4) is 11.5 Å². The largest absolute Gasteiger partial charge is 0.493 e. The van der Waals surface area contributed by atoms with Crippen molar-refractivity contribution >= 4 is 68.1 Å². The summed E-state index contributed by atoms with van der Waals surface area (Å²) in [7, 11) is 1.50. The molecule has 0 bridgehead atoms. The normalized spacial score (nSPS) is 15.2. The lowest BCUT2D eigenvalue weighted by Crippen LogP contribution is -2.54. The van der Waals surface area contributed by atoms with Crippen LogP contribution in [0.3, 0.4) is 0 Å². The molecule has 0 spiro atoms. The summed E-state index contributed by atoms with van der Waals surface area (Å²) < 4.78 is 12.4. The van der Waals surface area contributed by atoms with Crippen LogP contribution in [0.25, 0.3) is 6.08 Å². The molecule has 1 aliphatic heterocycles. The van der Waals surface area contributed by atoms with Crippen LogP contribution < -0.4 is 19.7 Å². The Morgan fingerprint density at radius 1 is 1.23 bits per heavy atom. The van der Waals surface area contributed by atoms with E-state index in [1.54, 1.807) is 42.5 Å².